The Morgan fingerprint density at radius 2 is 1.44 bits per heavy atom. The highest BCUT2D eigenvalue weighted by Crippen LogP contribution is 2.43. The molecule has 0 spiro atoms. The van der Waals surface area contributed by atoms with Gasteiger partial charge < -0.3 is 4.98 Å². The van der Waals surface area contributed by atoms with Crippen molar-refractivity contribution in [3.63, 3.8) is 0 Å². The van der Waals surface area contributed by atoms with Crippen LogP contribution in [0.5, 0.6) is 0 Å². The molecule has 5 heteroatoms. The van der Waals surface area contributed by atoms with E-state index in [1.54, 1.807) is 42.6 Å². The average molecular weight is 325 g/mol. The summed E-state index contributed by atoms with van der Waals surface area (Å²) in [4.78, 5) is 28.8. The van der Waals surface area contributed by atoms with Crippen LogP contribution in [0.4, 0.5) is 0 Å². The van der Waals surface area contributed by atoms with E-state index in [-0.39, 0.29) is 11.1 Å². The first kappa shape index (κ1) is 14.9. The molecule has 2 aromatic carbocycles. The van der Waals surface area contributed by atoms with Gasteiger partial charge in [0.25, 0.3) is 0 Å². The van der Waals surface area contributed by atoms with Crippen LogP contribution in [0.25, 0.3) is 10.9 Å². The number of nitrogens with zero attached hydrogens (tertiary/aromatic N) is 2. The number of fused-ring (bicyclic) bond motifs is 2. The lowest BCUT2D eigenvalue weighted by atomic mass is 9.70. The summed E-state index contributed by atoms with van der Waals surface area (Å²) >= 11 is 0. The lowest BCUT2D eigenvalue weighted by Gasteiger charge is -2.23. The third kappa shape index (κ3) is 1.81. The van der Waals surface area contributed by atoms with E-state index in [9.17, 15) is 20.1 Å². The lowest BCUT2D eigenvalue weighted by Crippen LogP contribution is -2.39. The second-order valence-corrected chi connectivity index (χ2v) is 5.99. The van der Waals surface area contributed by atoms with Crippen LogP contribution in [0.2, 0.25) is 0 Å². The first-order valence-corrected chi connectivity index (χ1v) is 7.70. The molecule has 0 aliphatic heterocycles. The monoisotopic (exact) mass is 325 g/mol. The average Bonchev–Trinajstić information content (AvgIpc) is 3.19. The minimum absolute atomic E-state index is 0.271. The van der Waals surface area contributed by atoms with Crippen molar-refractivity contribution in [2.45, 2.75) is 5.41 Å². The van der Waals surface area contributed by atoms with Crippen molar-refractivity contribution >= 4 is 22.5 Å². The fourth-order valence-corrected chi connectivity index (χ4v) is 3.56. The normalized spacial score (nSPS) is 14.3. The predicted molar refractivity (Wildman–Crippen MR) is 89.8 cm³/mol. The van der Waals surface area contributed by atoms with Gasteiger partial charge in [0.05, 0.1) is 12.1 Å². The van der Waals surface area contributed by atoms with Crippen molar-refractivity contribution in [3.8, 4) is 12.1 Å². The SMILES string of the molecule is N#CC(C#N)(c1c[nH]c2ccccc12)C1C(=O)c2ccccc2C1=O. The van der Waals surface area contributed by atoms with E-state index >= 15 is 0 Å². The number of hydrogen-bond acceptors (Lipinski definition) is 4. The summed E-state index contributed by atoms with van der Waals surface area (Å²) in [5.41, 5.74) is -0.248. The number of nitrogens with one attached hydrogen (secondary N) is 1. The van der Waals surface area contributed by atoms with Crippen molar-refractivity contribution in [2.75, 3.05) is 0 Å². The van der Waals surface area contributed by atoms with Crippen molar-refractivity contribution in [3.05, 3.63) is 71.4 Å². The summed E-state index contributed by atoms with van der Waals surface area (Å²) in [6, 6.07) is 17.6. The number of H-pyrrole nitrogens is 1. The van der Waals surface area contributed by atoms with E-state index in [2.05, 4.69) is 4.98 Å². The van der Waals surface area contributed by atoms with Crippen LogP contribution < -0.4 is 0 Å². The number of ketones is 2. The van der Waals surface area contributed by atoms with Crippen LogP contribution in [0.3, 0.4) is 0 Å². The van der Waals surface area contributed by atoms with Crippen molar-refractivity contribution in [1.82, 2.24) is 4.98 Å². The number of aromatic nitrogens is 1. The number of hydrogen-bond donors (Lipinski definition) is 1. The Morgan fingerprint density at radius 1 is 0.880 bits per heavy atom. The van der Waals surface area contributed by atoms with E-state index in [1.807, 2.05) is 24.3 Å². The van der Waals surface area contributed by atoms with Gasteiger partial charge in [-0.15, -0.1) is 0 Å². The van der Waals surface area contributed by atoms with Crippen LogP contribution in [0.15, 0.2) is 54.7 Å². The fourth-order valence-electron chi connectivity index (χ4n) is 3.56. The second kappa shape index (κ2) is 5.15. The quantitative estimate of drug-likeness (QED) is 0.732. The molecule has 0 unspecified atom stereocenters. The maximum Gasteiger partial charge on any atom is 0.187 e. The zero-order valence-corrected chi connectivity index (χ0v) is 13.0. The Labute approximate surface area is 143 Å². The number of aromatic amines is 1. The van der Waals surface area contributed by atoms with Gasteiger partial charge in [0.2, 0.25) is 0 Å². The fraction of sp³-hybridized carbons (Fsp3) is 0.100. The molecule has 1 aromatic heterocycles. The molecule has 0 saturated carbocycles. The molecule has 25 heavy (non-hydrogen) atoms. The summed E-state index contributed by atoms with van der Waals surface area (Å²) in [7, 11) is 0. The van der Waals surface area contributed by atoms with Crippen molar-refractivity contribution in [1.29, 1.82) is 10.5 Å². The second-order valence-electron chi connectivity index (χ2n) is 5.99. The first-order chi connectivity index (χ1) is 12.1. The van der Waals surface area contributed by atoms with E-state index in [0.717, 1.165) is 5.52 Å². The topological polar surface area (TPSA) is 97.5 Å². The molecular formula is C20H11N3O2. The Kier molecular flexibility index (Phi) is 3.07. The molecule has 4 rings (SSSR count). The highest BCUT2D eigenvalue weighted by Gasteiger charge is 2.55. The minimum atomic E-state index is -1.88. The molecule has 3 aromatic rings. The predicted octanol–water partition coefficient (Wildman–Crippen LogP) is 3.15. The van der Waals surface area contributed by atoms with Gasteiger partial charge in [-0.3, -0.25) is 9.59 Å². The number of carbonyl (C=O) groups excluding carboxylic acids is 2. The maximum absolute atomic E-state index is 12.9. The van der Waals surface area contributed by atoms with Gasteiger partial charge in [-0.25, -0.2) is 0 Å². The van der Waals surface area contributed by atoms with Gasteiger partial charge in [-0.2, -0.15) is 10.5 Å². The van der Waals surface area contributed by atoms with Crippen LogP contribution in [0.1, 0.15) is 26.3 Å². The molecule has 1 N–H and O–H groups in total. The Balaban J connectivity index is 1.98. The van der Waals surface area contributed by atoms with Gasteiger partial charge in [0, 0.05) is 33.8 Å². The molecule has 1 aliphatic carbocycles. The molecular weight excluding hydrogens is 314 g/mol. The minimum Gasteiger partial charge on any atom is -0.361 e. The number of Topliss-reactive ketones (excluding diaryl/α,β-unsaturated/α-hetero) is 2. The van der Waals surface area contributed by atoms with Crippen LogP contribution >= 0.6 is 0 Å². The summed E-state index contributed by atoms with van der Waals surface area (Å²) in [5.74, 6) is -2.32. The van der Waals surface area contributed by atoms with Gasteiger partial charge >= 0.3 is 0 Å². The highest BCUT2D eigenvalue weighted by atomic mass is 16.2. The number of nitriles is 2. The van der Waals surface area contributed by atoms with Crippen LogP contribution in [-0.2, 0) is 5.41 Å². The van der Waals surface area contributed by atoms with E-state index in [0.29, 0.717) is 10.9 Å². The van der Waals surface area contributed by atoms with E-state index < -0.39 is 22.9 Å². The van der Waals surface area contributed by atoms with Gasteiger partial charge in [-0.05, 0) is 6.07 Å². The molecule has 0 radical (unpaired) electrons. The zero-order valence-electron chi connectivity index (χ0n) is 13.0. The summed E-state index contributed by atoms with van der Waals surface area (Å²) < 4.78 is 0. The standard InChI is InChI=1S/C20H11N3O2/c21-10-20(11-22,15-9-23-16-8-4-3-7-14(15)16)17-18(24)12-5-1-2-6-13(12)19(17)25/h1-9,17,23H. The molecule has 0 amide bonds. The maximum atomic E-state index is 12.9. The molecule has 0 saturated heterocycles. The molecule has 0 fully saturated rings. The summed E-state index contributed by atoms with van der Waals surface area (Å²) in [5, 5.41) is 20.4. The van der Waals surface area contributed by atoms with E-state index in [1.165, 1.54) is 0 Å². The zero-order chi connectivity index (χ0) is 17.6. The smallest absolute Gasteiger partial charge is 0.187 e. The molecule has 118 valence electrons. The van der Waals surface area contributed by atoms with Gasteiger partial charge in [0.15, 0.2) is 17.0 Å². The Hall–Kier alpha value is -3.70. The third-order valence-electron chi connectivity index (χ3n) is 4.78. The molecule has 5 nitrogen and oxygen atoms in total. The number of para-hydroxylation sites is 1. The number of benzene rings is 2. The molecule has 0 atom stereocenters. The van der Waals surface area contributed by atoms with Crippen LogP contribution in [-0.4, -0.2) is 16.6 Å². The summed E-state index contributed by atoms with van der Waals surface area (Å²) in [6.45, 7) is 0. The largest absolute Gasteiger partial charge is 0.361 e. The van der Waals surface area contributed by atoms with Gasteiger partial charge in [0.1, 0.15) is 5.92 Å². The van der Waals surface area contributed by atoms with Crippen molar-refractivity contribution < 1.29 is 9.59 Å². The highest BCUT2D eigenvalue weighted by molar-refractivity contribution is 6.28. The van der Waals surface area contributed by atoms with E-state index in [4.69, 9.17) is 0 Å². The van der Waals surface area contributed by atoms with Crippen molar-refractivity contribution in [2.24, 2.45) is 5.92 Å². The Morgan fingerprint density at radius 3 is 2.04 bits per heavy atom. The molecule has 0 bridgehead atoms. The summed E-state index contributed by atoms with van der Waals surface area (Å²) in [6.07, 6.45) is 1.54. The number of carbonyl (C=O) groups is 2. The third-order valence-corrected chi connectivity index (χ3v) is 4.78. The molecule has 1 aliphatic rings. The molecule has 1 heterocycles. The van der Waals surface area contributed by atoms with Gasteiger partial charge in [-0.1, -0.05) is 42.5 Å². The first-order valence-electron chi connectivity index (χ1n) is 7.70. The Bertz CT molecular complexity index is 1080. The number of rotatable bonds is 2. The lowest BCUT2D eigenvalue weighted by molar-refractivity contribution is 0.0808. The van der Waals surface area contributed by atoms with Crippen LogP contribution in [0, 0.1) is 28.6 Å².